The van der Waals surface area contributed by atoms with Gasteiger partial charge in [0, 0.05) is 12.1 Å². The predicted octanol–water partition coefficient (Wildman–Crippen LogP) is 5.28. The summed E-state index contributed by atoms with van der Waals surface area (Å²) >= 11 is 0. The number of hydrogen-bond acceptors (Lipinski definition) is 3. The molecule has 0 N–H and O–H groups in total. The normalized spacial score (nSPS) is 16.5. The number of hydrogen-bond donors (Lipinski definition) is 0. The van der Waals surface area contributed by atoms with Crippen LogP contribution in [0.1, 0.15) is 87.1 Å². The topological polar surface area (TPSA) is 46.6 Å². The minimum Gasteiger partial charge on any atom is -0.464 e. The SMILES string of the molecule is CCCCCCCCCCOC(=O)C1CCCN1C(=O)c1cccc(C)c1. The Morgan fingerprint density at radius 2 is 1.78 bits per heavy atom. The molecular weight excluding hydrogens is 338 g/mol. The maximum Gasteiger partial charge on any atom is 0.328 e. The molecule has 0 radical (unpaired) electrons. The van der Waals surface area contributed by atoms with E-state index in [1.807, 2.05) is 31.2 Å². The molecule has 1 atom stereocenters. The molecule has 1 fully saturated rings. The van der Waals surface area contributed by atoms with Crippen LogP contribution in [0.2, 0.25) is 0 Å². The number of aryl methyl sites for hydroxylation is 1. The summed E-state index contributed by atoms with van der Waals surface area (Å²) in [6.45, 7) is 5.30. The molecule has 2 rings (SSSR count). The first-order chi connectivity index (χ1) is 13.1. The van der Waals surface area contributed by atoms with E-state index in [-0.39, 0.29) is 11.9 Å². The van der Waals surface area contributed by atoms with Crippen molar-refractivity contribution in [3.05, 3.63) is 35.4 Å². The first kappa shape index (κ1) is 21.5. The van der Waals surface area contributed by atoms with E-state index in [1.54, 1.807) is 4.90 Å². The molecule has 1 amide bonds. The van der Waals surface area contributed by atoms with E-state index >= 15 is 0 Å². The highest BCUT2D eigenvalue weighted by Gasteiger charge is 2.35. The van der Waals surface area contributed by atoms with Gasteiger partial charge in [0.05, 0.1) is 6.61 Å². The number of rotatable bonds is 11. The van der Waals surface area contributed by atoms with Gasteiger partial charge in [0.25, 0.3) is 5.91 Å². The summed E-state index contributed by atoms with van der Waals surface area (Å²) in [5.74, 6) is -0.304. The van der Waals surface area contributed by atoms with E-state index in [2.05, 4.69) is 6.92 Å². The number of likely N-dealkylation sites (tertiary alicyclic amines) is 1. The van der Waals surface area contributed by atoms with Crippen LogP contribution in [-0.2, 0) is 9.53 Å². The molecule has 27 heavy (non-hydrogen) atoms. The molecular formula is C23H35NO3. The quantitative estimate of drug-likeness (QED) is 0.391. The monoisotopic (exact) mass is 373 g/mol. The molecule has 1 heterocycles. The van der Waals surface area contributed by atoms with Gasteiger partial charge < -0.3 is 9.64 Å². The molecule has 0 aromatic heterocycles. The van der Waals surface area contributed by atoms with E-state index in [0.29, 0.717) is 25.1 Å². The molecule has 0 bridgehead atoms. The molecule has 1 aromatic rings. The minimum atomic E-state index is -0.424. The molecule has 150 valence electrons. The molecule has 0 saturated carbocycles. The van der Waals surface area contributed by atoms with E-state index in [9.17, 15) is 9.59 Å². The number of carbonyl (C=O) groups excluding carboxylic acids is 2. The Morgan fingerprint density at radius 1 is 1.07 bits per heavy atom. The average Bonchev–Trinajstić information content (AvgIpc) is 3.16. The van der Waals surface area contributed by atoms with Crippen LogP contribution in [0.5, 0.6) is 0 Å². The lowest BCUT2D eigenvalue weighted by molar-refractivity contribution is -0.148. The molecule has 1 saturated heterocycles. The summed E-state index contributed by atoms with van der Waals surface area (Å²) in [6, 6.07) is 7.12. The van der Waals surface area contributed by atoms with Gasteiger partial charge in [-0.05, 0) is 38.3 Å². The lowest BCUT2D eigenvalue weighted by atomic mass is 10.1. The fourth-order valence-electron chi connectivity index (χ4n) is 3.70. The maximum atomic E-state index is 12.8. The van der Waals surface area contributed by atoms with Gasteiger partial charge in [-0.1, -0.05) is 69.6 Å². The Kier molecular flexibility index (Phi) is 9.37. The van der Waals surface area contributed by atoms with Crippen LogP contribution >= 0.6 is 0 Å². The van der Waals surface area contributed by atoms with Crippen LogP contribution < -0.4 is 0 Å². The van der Waals surface area contributed by atoms with Crippen molar-refractivity contribution in [1.29, 1.82) is 0 Å². The van der Waals surface area contributed by atoms with Crippen LogP contribution in [-0.4, -0.2) is 36.0 Å². The third-order valence-electron chi connectivity index (χ3n) is 5.29. The molecule has 4 nitrogen and oxygen atoms in total. The number of esters is 1. The maximum absolute atomic E-state index is 12.8. The molecule has 0 spiro atoms. The van der Waals surface area contributed by atoms with Gasteiger partial charge in [-0.15, -0.1) is 0 Å². The summed E-state index contributed by atoms with van der Waals surface area (Å²) < 4.78 is 5.48. The van der Waals surface area contributed by atoms with E-state index in [0.717, 1.165) is 24.8 Å². The third-order valence-corrected chi connectivity index (χ3v) is 5.29. The molecule has 1 aliphatic heterocycles. The largest absolute Gasteiger partial charge is 0.464 e. The Labute approximate surface area is 164 Å². The van der Waals surface area contributed by atoms with Gasteiger partial charge >= 0.3 is 5.97 Å². The standard InChI is InChI=1S/C23H35NO3/c1-3-4-5-6-7-8-9-10-17-27-23(26)21-15-12-16-24(21)22(25)20-14-11-13-19(2)18-20/h11,13-14,18,21H,3-10,12,15-17H2,1-2H3. The van der Waals surface area contributed by atoms with Crippen LogP contribution in [0.15, 0.2) is 24.3 Å². The second kappa shape index (κ2) is 11.8. The van der Waals surface area contributed by atoms with Crippen molar-refractivity contribution in [2.45, 2.75) is 84.1 Å². The van der Waals surface area contributed by atoms with Gasteiger partial charge in [-0.25, -0.2) is 4.79 Å². The second-order valence-corrected chi connectivity index (χ2v) is 7.67. The van der Waals surface area contributed by atoms with Gasteiger partial charge in [-0.2, -0.15) is 0 Å². The van der Waals surface area contributed by atoms with Crippen molar-refractivity contribution >= 4 is 11.9 Å². The first-order valence-corrected chi connectivity index (χ1v) is 10.7. The van der Waals surface area contributed by atoms with E-state index in [4.69, 9.17) is 4.74 Å². The van der Waals surface area contributed by atoms with Crippen molar-refractivity contribution < 1.29 is 14.3 Å². The lowest BCUT2D eigenvalue weighted by Gasteiger charge is -2.23. The Hall–Kier alpha value is -1.84. The summed E-state index contributed by atoms with van der Waals surface area (Å²) in [4.78, 5) is 26.9. The summed E-state index contributed by atoms with van der Waals surface area (Å²) in [5.41, 5.74) is 1.70. The lowest BCUT2D eigenvalue weighted by Crippen LogP contribution is -2.41. The van der Waals surface area contributed by atoms with Gasteiger partial charge in [0.2, 0.25) is 0 Å². The van der Waals surface area contributed by atoms with Crippen LogP contribution in [0.25, 0.3) is 0 Å². The molecule has 1 unspecified atom stereocenters. The Bertz CT molecular complexity index is 599. The Morgan fingerprint density at radius 3 is 2.48 bits per heavy atom. The number of nitrogens with zero attached hydrogens (tertiary/aromatic N) is 1. The highest BCUT2D eigenvalue weighted by Crippen LogP contribution is 2.22. The third kappa shape index (κ3) is 7.00. The molecule has 1 aliphatic rings. The second-order valence-electron chi connectivity index (χ2n) is 7.67. The number of amides is 1. The zero-order valence-corrected chi connectivity index (χ0v) is 17.0. The number of unbranched alkanes of at least 4 members (excludes halogenated alkanes) is 7. The fourth-order valence-corrected chi connectivity index (χ4v) is 3.70. The minimum absolute atomic E-state index is 0.0646. The highest BCUT2D eigenvalue weighted by molar-refractivity contribution is 5.97. The Balaban J connectivity index is 1.70. The summed E-state index contributed by atoms with van der Waals surface area (Å²) in [7, 11) is 0. The number of carbonyl (C=O) groups is 2. The smallest absolute Gasteiger partial charge is 0.328 e. The number of ether oxygens (including phenoxy) is 1. The van der Waals surface area contributed by atoms with Crippen molar-refractivity contribution in [2.24, 2.45) is 0 Å². The van der Waals surface area contributed by atoms with Crippen LogP contribution in [0.4, 0.5) is 0 Å². The van der Waals surface area contributed by atoms with Crippen molar-refractivity contribution in [2.75, 3.05) is 13.2 Å². The van der Waals surface area contributed by atoms with Gasteiger partial charge in [-0.3, -0.25) is 4.79 Å². The van der Waals surface area contributed by atoms with Gasteiger partial charge in [0.1, 0.15) is 6.04 Å². The zero-order valence-electron chi connectivity index (χ0n) is 17.0. The highest BCUT2D eigenvalue weighted by atomic mass is 16.5. The first-order valence-electron chi connectivity index (χ1n) is 10.7. The summed E-state index contributed by atoms with van der Waals surface area (Å²) in [6.07, 6.45) is 11.3. The molecule has 4 heteroatoms. The predicted molar refractivity (Wildman–Crippen MR) is 109 cm³/mol. The average molecular weight is 374 g/mol. The van der Waals surface area contributed by atoms with Crippen molar-refractivity contribution in [1.82, 2.24) is 4.90 Å². The fraction of sp³-hybridized carbons (Fsp3) is 0.652. The zero-order chi connectivity index (χ0) is 19.5. The number of benzene rings is 1. The van der Waals surface area contributed by atoms with Gasteiger partial charge in [0.15, 0.2) is 0 Å². The summed E-state index contributed by atoms with van der Waals surface area (Å²) in [5, 5.41) is 0. The van der Waals surface area contributed by atoms with Crippen molar-refractivity contribution in [3.8, 4) is 0 Å². The molecule has 0 aliphatic carbocycles. The van der Waals surface area contributed by atoms with E-state index < -0.39 is 6.04 Å². The van der Waals surface area contributed by atoms with Crippen LogP contribution in [0.3, 0.4) is 0 Å². The molecule has 1 aromatic carbocycles. The van der Waals surface area contributed by atoms with Crippen molar-refractivity contribution in [3.63, 3.8) is 0 Å². The van der Waals surface area contributed by atoms with Crippen LogP contribution in [0, 0.1) is 6.92 Å². The van der Waals surface area contributed by atoms with E-state index in [1.165, 1.54) is 38.5 Å².